The maximum Gasteiger partial charge on any atom is 0.0537 e. The number of hydrogen-bond acceptors (Lipinski definition) is 2. The van der Waals surface area contributed by atoms with E-state index >= 15 is 0 Å². The van der Waals surface area contributed by atoms with E-state index in [1.165, 1.54) is 12.0 Å². The first-order valence-electron chi connectivity index (χ1n) is 5.89. The fourth-order valence-corrected chi connectivity index (χ4v) is 1.48. The standard InChI is InChI=1S/C12H23N3/c1-5-15-9-12(8-14-15)11(4)13-7-6-10(2)3/h8-11,13H,5-7H2,1-4H3. The van der Waals surface area contributed by atoms with Crippen molar-refractivity contribution in [1.29, 1.82) is 0 Å². The van der Waals surface area contributed by atoms with Crippen molar-refractivity contribution in [1.82, 2.24) is 15.1 Å². The Kier molecular flexibility index (Phi) is 4.82. The van der Waals surface area contributed by atoms with Gasteiger partial charge in [0.25, 0.3) is 0 Å². The van der Waals surface area contributed by atoms with Crippen LogP contribution in [0.15, 0.2) is 12.4 Å². The van der Waals surface area contributed by atoms with E-state index in [-0.39, 0.29) is 0 Å². The highest BCUT2D eigenvalue weighted by Gasteiger charge is 2.06. The molecule has 0 aliphatic heterocycles. The van der Waals surface area contributed by atoms with Gasteiger partial charge in [-0.25, -0.2) is 0 Å². The monoisotopic (exact) mass is 209 g/mol. The van der Waals surface area contributed by atoms with Gasteiger partial charge in [-0.1, -0.05) is 13.8 Å². The summed E-state index contributed by atoms with van der Waals surface area (Å²) in [5, 5.41) is 7.79. The first-order valence-corrected chi connectivity index (χ1v) is 5.89. The average molecular weight is 209 g/mol. The number of hydrogen-bond donors (Lipinski definition) is 1. The van der Waals surface area contributed by atoms with Crippen LogP contribution in [-0.4, -0.2) is 16.3 Å². The predicted molar refractivity (Wildman–Crippen MR) is 63.8 cm³/mol. The summed E-state index contributed by atoms with van der Waals surface area (Å²) in [6, 6.07) is 0.407. The average Bonchev–Trinajstić information content (AvgIpc) is 2.65. The molecule has 0 aliphatic rings. The highest BCUT2D eigenvalue weighted by molar-refractivity contribution is 5.08. The highest BCUT2D eigenvalue weighted by Crippen LogP contribution is 2.11. The van der Waals surface area contributed by atoms with Crippen LogP contribution >= 0.6 is 0 Å². The van der Waals surface area contributed by atoms with E-state index in [0.717, 1.165) is 19.0 Å². The quantitative estimate of drug-likeness (QED) is 0.780. The van der Waals surface area contributed by atoms with Crippen molar-refractivity contribution in [3.63, 3.8) is 0 Å². The molecule has 0 radical (unpaired) electrons. The smallest absolute Gasteiger partial charge is 0.0537 e. The van der Waals surface area contributed by atoms with Gasteiger partial charge in [0, 0.05) is 24.3 Å². The van der Waals surface area contributed by atoms with Crippen LogP contribution in [0.1, 0.15) is 45.7 Å². The molecule has 1 heterocycles. The summed E-state index contributed by atoms with van der Waals surface area (Å²) in [7, 11) is 0. The Hall–Kier alpha value is -0.830. The molecule has 1 N–H and O–H groups in total. The lowest BCUT2D eigenvalue weighted by molar-refractivity contribution is 0.497. The second-order valence-corrected chi connectivity index (χ2v) is 4.49. The van der Waals surface area contributed by atoms with Gasteiger partial charge >= 0.3 is 0 Å². The summed E-state index contributed by atoms with van der Waals surface area (Å²) < 4.78 is 1.97. The Morgan fingerprint density at radius 1 is 1.40 bits per heavy atom. The van der Waals surface area contributed by atoms with Crippen LogP contribution in [0.25, 0.3) is 0 Å². The third-order valence-electron chi connectivity index (χ3n) is 2.65. The molecule has 1 rings (SSSR count). The van der Waals surface area contributed by atoms with E-state index in [9.17, 15) is 0 Å². The van der Waals surface area contributed by atoms with Crippen molar-refractivity contribution in [2.75, 3.05) is 6.54 Å². The minimum absolute atomic E-state index is 0.407. The molecule has 1 aromatic rings. The first kappa shape index (κ1) is 12.2. The third kappa shape index (κ3) is 4.04. The van der Waals surface area contributed by atoms with Crippen LogP contribution in [0.5, 0.6) is 0 Å². The van der Waals surface area contributed by atoms with Gasteiger partial charge in [0.05, 0.1) is 6.20 Å². The van der Waals surface area contributed by atoms with Gasteiger partial charge in [0.1, 0.15) is 0 Å². The Bertz CT molecular complexity index is 278. The number of aryl methyl sites for hydroxylation is 1. The SMILES string of the molecule is CCn1cc(C(C)NCCC(C)C)cn1. The van der Waals surface area contributed by atoms with E-state index in [1.54, 1.807) is 0 Å². The molecule has 0 saturated carbocycles. The molecule has 1 atom stereocenters. The fourth-order valence-electron chi connectivity index (χ4n) is 1.48. The summed E-state index contributed by atoms with van der Waals surface area (Å²) >= 11 is 0. The van der Waals surface area contributed by atoms with Gasteiger partial charge in [-0.15, -0.1) is 0 Å². The van der Waals surface area contributed by atoms with Crippen LogP contribution in [0.2, 0.25) is 0 Å². The van der Waals surface area contributed by atoms with Crippen molar-refractivity contribution < 1.29 is 0 Å². The van der Waals surface area contributed by atoms with Crippen molar-refractivity contribution >= 4 is 0 Å². The molecule has 0 aliphatic carbocycles. The normalized spacial score (nSPS) is 13.4. The summed E-state index contributed by atoms with van der Waals surface area (Å²) in [6.45, 7) is 10.8. The Labute approximate surface area is 92.9 Å². The molecule has 0 bridgehead atoms. The van der Waals surface area contributed by atoms with E-state index in [0.29, 0.717) is 6.04 Å². The van der Waals surface area contributed by atoms with E-state index in [2.05, 4.69) is 44.3 Å². The Morgan fingerprint density at radius 2 is 2.13 bits per heavy atom. The molecule has 15 heavy (non-hydrogen) atoms. The molecule has 0 aromatic carbocycles. The molecular weight excluding hydrogens is 186 g/mol. The predicted octanol–water partition coefficient (Wildman–Crippen LogP) is 2.60. The molecule has 0 spiro atoms. The second kappa shape index (κ2) is 5.91. The summed E-state index contributed by atoms with van der Waals surface area (Å²) in [6.07, 6.45) is 5.30. The highest BCUT2D eigenvalue weighted by atomic mass is 15.3. The number of nitrogens with zero attached hydrogens (tertiary/aromatic N) is 2. The molecule has 1 unspecified atom stereocenters. The van der Waals surface area contributed by atoms with Gasteiger partial charge in [0.15, 0.2) is 0 Å². The molecule has 0 amide bonds. The molecule has 1 aromatic heterocycles. The topological polar surface area (TPSA) is 29.9 Å². The maximum absolute atomic E-state index is 4.28. The second-order valence-electron chi connectivity index (χ2n) is 4.49. The lowest BCUT2D eigenvalue weighted by Gasteiger charge is -2.12. The minimum atomic E-state index is 0.407. The molecule has 0 fully saturated rings. The van der Waals surface area contributed by atoms with Crippen LogP contribution in [0.4, 0.5) is 0 Å². The van der Waals surface area contributed by atoms with E-state index < -0.39 is 0 Å². The third-order valence-corrected chi connectivity index (χ3v) is 2.65. The van der Waals surface area contributed by atoms with Gasteiger partial charge in [-0.05, 0) is 32.7 Å². The van der Waals surface area contributed by atoms with Gasteiger partial charge in [-0.3, -0.25) is 4.68 Å². The minimum Gasteiger partial charge on any atom is -0.310 e. The molecular formula is C12H23N3. The van der Waals surface area contributed by atoms with Crippen LogP contribution < -0.4 is 5.32 Å². The van der Waals surface area contributed by atoms with Crippen molar-refractivity contribution in [2.45, 2.75) is 46.7 Å². The van der Waals surface area contributed by atoms with Crippen molar-refractivity contribution in [2.24, 2.45) is 5.92 Å². The molecule has 0 saturated heterocycles. The lowest BCUT2D eigenvalue weighted by atomic mass is 10.1. The van der Waals surface area contributed by atoms with Crippen LogP contribution in [-0.2, 0) is 6.54 Å². The molecule has 3 heteroatoms. The van der Waals surface area contributed by atoms with Crippen LogP contribution in [0.3, 0.4) is 0 Å². The molecule has 3 nitrogen and oxygen atoms in total. The fraction of sp³-hybridized carbons (Fsp3) is 0.750. The summed E-state index contributed by atoms with van der Waals surface area (Å²) in [5.74, 6) is 0.767. The van der Waals surface area contributed by atoms with Crippen molar-refractivity contribution in [3.05, 3.63) is 18.0 Å². The largest absolute Gasteiger partial charge is 0.310 e. The van der Waals surface area contributed by atoms with E-state index in [4.69, 9.17) is 0 Å². The van der Waals surface area contributed by atoms with Crippen molar-refractivity contribution in [3.8, 4) is 0 Å². The van der Waals surface area contributed by atoms with Gasteiger partial charge in [-0.2, -0.15) is 5.10 Å². The zero-order valence-corrected chi connectivity index (χ0v) is 10.3. The zero-order chi connectivity index (χ0) is 11.3. The summed E-state index contributed by atoms with van der Waals surface area (Å²) in [4.78, 5) is 0. The maximum atomic E-state index is 4.28. The lowest BCUT2D eigenvalue weighted by Crippen LogP contribution is -2.20. The first-order chi connectivity index (χ1) is 7.13. The van der Waals surface area contributed by atoms with E-state index in [1.807, 2.05) is 10.9 Å². The number of aromatic nitrogens is 2. The zero-order valence-electron chi connectivity index (χ0n) is 10.3. The van der Waals surface area contributed by atoms with Crippen LogP contribution in [0, 0.1) is 5.92 Å². The molecule has 86 valence electrons. The Balaban J connectivity index is 2.36. The number of nitrogens with one attached hydrogen (secondary N) is 1. The van der Waals surface area contributed by atoms with Gasteiger partial charge in [0.2, 0.25) is 0 Å². The Morgan fingerprint density at radius 3 is 2.67 bits per heavy atom. The summed E-state index contributed by atoms with van der Waals surface area (Å²) in [5.41, 5.74) is 1.28. The van der Waals surface area contributed by atoms with Gasteiger partial charge < -0.3 is 5.32 Å². The number of rotatable bonds is 6.